The van der Waals surface area contributed by atoms with Gasteiger partial charge in [0.15, 0.2) is 5.43 Å². The van der Waals surface area contributed by atoms with E-state index in [2.05, 4.69) is 6.08 Å². The molecule has 1 aliphatic rings. The van der Waals surface area contributed by atoms with Crippen molar-refractivity contribution in [2.45, 2.75) is 39.2 Å². The second kappa shape index (κ2) is 7.54. The van der Waals surface area contributed by atoms with Gasteiger partial charge in [0.05, 0.1) is 11.1 Å². The first-order chi connectivity index (χ1) is 14.7. The maximum Gasteiger partial charge on any atom is 0.197 e. The smallest absolute Gasteiger partial charge is 0.197 e. The second-order valence-corrected chi connectivity index (χ2v) is 8.26. The predicted molar refractivity (Wildman–Crippen MR) is 120 cm³/mol. The molecule has 0 spiro atoms. The molecule has 2 heterocycles. The summed E-state index contributed by atoms with van der Waals surface area (Å²) in [6, 6.07) is 6.77. The molecule has 1 aliphatic heterocycles. The van der Waals surface area contributed by atoms with Gasteiger partial charge < -0.3 is 24.5 Å². The number of hydrogen-bond acceptors (Lipinski definition) is 6. The number of fused-ring (bicyclic) bond motifs is 2. The molecule has 31 heavy (non-hydrogen) atoms. The van der Waals surface area contributed by atoms with Crippen molar-refractivity contribution >= 4 is 17.0 Å². The quantitative estimate of drug-likeness (QED) is 0.483. The first-order valence-corrected chi connectivity index (χ1v) is 10.0. The van der Waals surface area contributed by atoms with Crippen LogP contribution in [0, 0.1) is 0 Å². The van der Waals surface area contributed by atoms with Crippen molar-refractivity contribution in [1.29, 1.82) is 0 Å². The van der Waals surface area contributed by atoms with Gasteiger partial charge in [-0.2, -0.15) is 0 Å². The molecule has 0 radical (unpaired) electrons. The summed E-state index contributed by atoms with van der Waals surface area (Å²) in [5, 5.41) is 30.1. The third-order valence-electron chi connectivity index (χ3n) is 5.36. The zero-order valence-corrected chi connectivity index (χ0v) is 17.6. The average Bonchev–Trinajstić information content (AvgIpc) is 2.66. The van der Waals surface area contributed by atoms with Crippen LogP contribution in [-0.2, 0) is 0 Å². The normalized spacial score (nSPS) is 17.3. The van der Waals surface area contributed by atoms with Gasteiger partial charge in [0, 0.05) is 18.2 Å². The molecule has 0 saturated carbocycles. The summed E-state index contributed by atoms with van der Waals surface area (Å²) in [5.41, 5.74) is 1.22. The molecule has 1 aromatic heterocycles. The molecule has 1 atom stereocenters. The van der Waals surface area contributed by atoms with Gasteiger partial charge in [-0.3, -0.25) is 4.79 Å². The van der Waals surface area contributed by atoms with E-state index in [1.165, 1.54) is 23.8 Å². The van der Waals surface area contributed by atoms with Crippen LogP contribution in [-0.4, -0.2) is 20.9 Å². The van der Waals surface area contributed by atoms with Crippen molar-refractivity contribution in [2.24, 2.45) is 0 Å². The minimum atomic E-state index is -0.602. The minimum Gasteiger partial charge on any atom is -0.508 e. The van der Waals surface area contributed by atoms with E-state index in [0.29, 0.717) is 16.9 Å². The zero-order chi connectivity index (χ0) is 22.3. The predicted octanol–water partition coefficient (Wildman–Crippen LogP) is 5.49. The molecule has 3 N–H and O–H groups in total. The van der Waals surface area contributed by atoms with Gasteiger partial charge in [0.25, 0.3) is 0 Å². The van der Waals surface area contributed by atoms with E-state index < -0.39 is 11.0 Å². The van der Waals surface area contributed by atoms with Crippen molar-refractivity contribution in [3.63, 3.8) is 0 Å². The number of phenols is 3. The topological polar surface area (TPSA) is 100 Å². The second-order valence-electron chi connectivity index (χ2n) is 8.26. The van der Waals surface area contributed by atoms with E-state index in [1.54, 1.807) is 6.07 Å². The maximum atomic E-state index is 12.7. The highest BCUT2D eigenvalue weighted by Crippen LogP contribution is 2.45. The van der Waals surface area contributed by atoms with E-state index in [1.807, 2.05) is 32.9 Å². The van der Waals surface area contributed by atoms with E-state index in [0.717, 1.165) is 18.9 Å². The summed E-state index contributed by atoms with van der Waals surface area (Å²) in [6.45, 7) is 6.05. The molecule has 160 valence electrons. The Morgan fingerprint density at radius 1 is 1.10 bits per heavy atom. The summed E-state index contributed by atoms with van der Waals surface area (Å²) in [7, 11) is 0. The third kappa shape index (κ3) is 3.89. The Balaban J connectivity index is 1.83. The zero-order valence-electron chi connectivity index (χ0n) is 17.6. The molecule has 0 amide bonds. The van der Waals surface area contributed by atoms with Gasteiger partial charge in [-0.05, 0) is 57.9 Å². The number of phenolic OH excluding ortho intramolecular Hbond substituents is 3. The Morgan fingerprint density at radius 2 is 1.87 bits per heavy atom. The largest absolute Gasteiger partial charge is 0.508 e. The fourth-order valence-corrected chi connectivity index (χ4v) is 3.75. The fraction of sp³-hybridized carbons (Fsp3) is 0.240. The Labute approximate surface area is 179 Å². The molecule has 0 aliphatic carbocycles. The van der Waals surface area contributed by atoms with Crippen molar-refractivity contribution in [3.8, 4) is 34.3 Å². The van der Waals surface area contributed by atoms with Crippen LogP contribution in [0.3, 0.4) is 0 Å². The Morgan fingerprint density at radius 3 is 2.61 bits per heavy atom. The monoisotopic (exact) mass is 420 g/mol. The molecule has 1 unspecified atom stereocenters. The average molecular weight is 420 g/mol. The highest BCUT2D eigenvalue weighted by Gasteiger charge is 2.30. The summed E-state index contributed by atoms with van der Waals surface area (Å²) in [6.07, 6.45) is 7.44. The van der Waals surface area contributed by atoms with Gasteiger partial charge in [-0.15, -0.1) is 0 Å². The van der Waals surface area contributed by atoms with Gasteiger partial charge in [0.1, 0.15) is 45.3 Å². The van der Waals surface area contributed by atoms with Crippen LogP contribution in [0.15, 0.2) is 57.3 Å². The maximum absolute atomic E-state index is 12.7. The van der Waals surface area contributed by atoms with Crippen molar-refractivity contribution in [3.05, 3.63) is 63.8 Å². The standard InChI is InChI=1S/C25H24O6/c1-14(2)5-4-9-25(3)10-8-16-18(27)7-6-17(24(16)31-25)21-13-20(29)23-19(28)11-15(26)12-22(23)30-21/h5-8,10-13,26-28H,4,9H2,1-3H3. The van der Waals surface area contributed by atoms with E-state index >= 15 is 0 Å². The molecule has 0 bridgehead atoms. The summed E-state index contributed by atoms with van der Waals surface area (Å²) < 4.78 is 12.2. The number of aromatic hydroxyl groups is 3. The number of hydrogen-bond donors (Lipinski definition) is 3. The Bertz CT molecular complexity index is 1290. The van der Waals surface area contributed by atoms with Crippen molar-refractivity contribution < 1.29 is 24.5 Å². The molecular weight excluding hydrogens is 396 g/mol. The molecule has 0 fully saturated rings. The lowest BCUT2D eigenvalue weighted by molar-refractivity contribution is 0.129. The molecule has 6 nitrogen and oxygen atoms in total. The van der Waals surface area contributed by atoms with Crippen molar-refractivity contribution in [1.82, 2.24) is 0 Å². The van der Waals surface area contributed by atoms with Crippen LogP contribution >= 0.6 is 0 Å². The Kier molecular flexibility index (Phi) is 5.01. The summed E-state index contributed by atoms with van der Waals surface area (Å²) >= 11 is 0. The van der Waals surface area contributed by atoms with E-state index in [4.69, 9.17) is 9.15 Å². The van der Waals surface area contributed by atoms with Gasteiger partial charge >= 0.3 is 0 Å². The van der Waals surface area contributed by atoms with Crippen LogP contribution in [0.25, 0.3) is 28.4 Å². The molecule has 0 saturated heterocycles. The van der Waals surface area contributed by atoms with Crippen LogP contribution in [0.1, 0.15) is 39.2 Å². The lowest BCUT2D eigenvalue weighted by atomic mass is 9.93. The minimum absolute atomic E-state index is 0.0124. The molecular formula is C25H24O6. The summed E-state index contributed by atoms with van der Waals surface area (Å²) in [4.78, 5) is 12.7. The van der Waals surface area contributed by atoms with Gasteiger partial charge in [-0.1, -0.05) is 11.6 Å². The van der Waals surface area contributed by atoms with Gasteiger partial charge in [0.2, 0.25) is 0 Å². The third-order valence-corrected chi connectivity index (χ3v) is 5.36. The number of allylic oxidation sites excluding steroid dienone is 2. The van der Waals surface area contributed by atoms with E-state index in [9.17, 15) is 20.1 Å². The first-order valence-electron chi connectivity index (χ1n) is 10.0. The van der Waals surface area contributed by atoms with Crippen LogP contribution in [0.4, 0.5) is 0 Å². The highest BCUT2D eigenvalue weighted by molar-refractivity contribution is 5.87. The molecule has 3 aromatic rings. The molecule has 2 aromatic carbocycles. The Hall–Kier alpha value is -3.67. The van der Waals surface area contributed by atoms with Crippen LogP contribution in [0.2, 0.25) is 0 Å². The van der Waals surface area contributed by atoms with Gasteiger partial charge in [-0.25, -0.2) is 0 Å². The van der Waals surface area contributed by atoms with Crippen LogP contribution in [0.5, 0.6) is 23.0 Å². The van der Waals surface area contributed by atoms with Crippen LogP contribution < -0.4 is 10.2 Å². The lowest BCUT2D eigenvalue weighted by Crippen LogP contribution is -2.32. The first kappa shape index (κ1) is 20.6. The number of benzene rings is 2. The number of rotatable bonds is 4. The number of ether oxygens (including phenoxy) is 1. The SMILES string of the molecule is CC(C)=CCCC1(C)C=Cc2c(O)ccc(-c3cc(=O)c4c(O)cc(O)cc4o3)c2O1. The molecule has 4 rings (SSSR count). The lowest BCUT2D eigenvalue weighted by Gasteiger charge is -2.33. The van der Waals surface area contributed by atoms with Crippen molar-refractivity contribution in [2.75, 3.05) is 0 Å². The summed E-state index contributed by atoms with van der Waals surface area (Å²) in [5.74, 6) is 0.104. The molecule has 6 heteroatoms. The van der Waals surface area contributed by atoms with E-state index in [-0.39, 0.29) is 34.0 Å². The fourth-order valence-electron chi connectivity index (χ4n) is 3.75. The highest BCUT2D eigenvalue weighted by atomic mass is 16.5.